The van der Waals surface area contributed by atoms with Gasteiger partial charge in [0, 0.05) is 57.0 Å². The summed E-state index contributed by atoms with van der Waals surface area (Å²) in [5, 5.41) is 3.52. The Kier molecular flexibility index (Phi) is 8.70. The molecule has 1 N–H and O–H groups in total. The van der Waals surface area contributed by atoms with Gasteiger partial charge in [0.25, 0.3) is 0 Å². The number of rotatable bonds is 4. The van der Waals surface area contributed by atoms with Crippen molar-refractivity contribution in [3.63, 3.8) is 0 Å². The van der Waals surface area contributed by atoms with Crippen molar-refractivity contribution in [2.24, 2.45) is 4.99 Å². The highest BCUT2D eigenvalue weighted by Gasteiger charge is 2.28. The largest absolute Gasteiger partial charge is 0.378 e. The van der Waals surface area contributed by atoms with E-state index in [0.717, 1.165) is 32.0 Å². The summed E-state index contributed by atoms with van der Waals surface area (Å²) in [5.74, 6) is 2.20. The molecule has 0 aromatic heterocycles. The first-order valence-corrected chi connectivity index (χ1v) is 9.26. The van der Waals surface area contributed by atoms with E-state index in [4.69, 9.17) is 0 Å². The minimum absolute atomic E-state index is 0. The highest BCUT2D eigenvalue weighted by atomic mass is 127. The molecule has 0 atom stereocenters. The second-order valence-corrected chi connectivity index (χ2v) is 8.62. The molecule has 1 aliphatic heterocycles. The zero-order valence-corrected chi connectivity index (χ0v) is 18.6. The van der Waals surface area contributed by atoms with Crippen molar-refractivity contribution in [1.29, 1.82) is 0 Å². The maximum absolute atomic E-state index is 4.46. The van der Waals surface area contributed by atoms with Gasteiger partial charge in [-0.2, -0.15) is 11.8 Å². The molecule has 1 saturated heterocycles. The van der Waals surface area contributed by atoms with Gasteiger partial charge >= 0.3 is 0 Å². The van der Waals surface area contributed by atoms with Crippen molar-refractivity contribution in [3.05, 3.63) is 29.8 Å². The lowest BCUT2D eigenvalue weighted by Crippen LogP contribution is -2.51. The standard InChI is InChI=1S/C18H30N4S.HI/c1-18(2)14-22(12-13-23-18)17(19-3)20-11-10-15-6-8-16(9-7-15)21(4)5;/h6-9H,10-14H2,1-5H3,(H,19,20);1H. The second kappa shape index (κ2) is 9.75. The summed E-state index contributed by atoms with van der Waals surface area (Å²) in [4.78, 5) is 8.97. The molecule has 1 heterocycles. The molecule has 0 unspecified atom stereocenters. The van der Waals surface area contributed by atoms with Gasteiger partial charge in [-0.25, -0.2) is 0 Å². The predicted molar refractivity (Wildman–Crippen MR) is 119 cm³/mol. The predicted octanol–water partition coefficient (Wildman–Crippen LogP) is 3.32. The van der Waals surface area contributed by atoms with Gasteiger partial charge < -0.3 is 15.1 Å². The van der Waals surface area contributed by atoms with Crippen molar-refractivity contribution in [2.45, 2.75) is 25.0 Å². The third kappa shape index (κ3) is 6.35. The summed E-state index contributed by atoms with van der Waals surface area (Å²) < 4.78 is 0.303. The normalized spacial score (nSPS) is 17.2. The van der Waals surface area contributed by atoms with Crippen molar-refractivity contribution in [3.8, 4) is 0 Å². The van der Waals surface area contributed by atoms with E-state index in [0.29, 0.717) is 4.75 Å². The highest BCUT2D eigenvalue weighted by Crippen LogP contribution is 2.29. The van der Waals surface area contributed by atoms with Crippen LogP contribution in [-0.4, -0.2) is 62.1 Å². The number of nitrogens with one attached hydrogen (secondary N) is 1. The Hall–Kier alpha value is -0.630. The summed E-state index contributed by atoms with van der Waals surface area (Å²) >= 11 is 2.05. The molecule has 1 aromatic rings. The fourth-order valence-corrected chi connectivity index (χ4v) is 3.92. The lowest BCUT2D eigenvalue weighted by atomic mass is 10.1. The van der Waals surface area contributed by atoms with Gasteiger partial charge in [0.15, 0.2) is 5.96 Å². The van der Waals surface area contributed by atoms with Crippen LogP contribution in [0.4, 0.5) is 5.69 Å². The van der Waals surface area contributed by atoms with E-state index in [1.807, 2.05) is 18.8 Å². The number of aliphatic imine (C=N–C) groups is 1. The van der Waals surface area contributed by atoms with Gasteiger partial charge in [0.2, 0.25) is 0 Å². The fraction of sp³-hybridized carbons (Fsp3) is 0.611. The van der Waals surface area contributed by atoms with Gasteiger partial charge in [-0.05, 0) is 38.0 Å². The van der Waals surface area contributed by atoms with Crippen LogP contribution in [0.5, 0.6) is 0 Å². The highest BCUT2D eigenvalue weighted by molar-refractivity contribution is 14.0. The third-order valence-electron chi connectivity index (χ3n) is 4.09. The van der Waals surface area contributed by atoms with Crippen molar-refractivity contribution in [1.82, 2.24) is 10.2 Å². The van der Waals surface area contributed by atoms with Crippen LogP contribution in [0.1, 0.15) is 19.4 Å². The molecular weight excluding hydrogens is 431 g/mol. The summed E-state index contributed by atoms with van der Waals surface area (Å²) in [6, 6.07) is 8.77. The number of thioether (sulfide) groups is 1. The van der Waals surface area contributed by atoms with Gasteiger partial charge in [0.1, 0.15) is 0 Å². The molecule has 24 heavy (non-hydrogen) atoms. The Bertz CT molecular complexity index is 528. The topological polar surface area (TPSA) is 30.9 Å². The van der Waals surface area contributed by atoms with Crippen LogP contribution in [0.15, 0.2) is 29.3 Å². The molecule has 136 valence electrons. The molecule has 1 aromatic carbocycles. The van der Waals surface area contributed by atoms with Crippen LogP contribution in [0.3, 0.4) is 0 Å². The number of hydrogen-bond acceptors (Lipinski definition) is 3. The van der Waals surface area contributed by atoms with Crippen LogP contribution < -0.4 is 10.2 Å². The first-order chi connectivity index (χ1) is 10.9. The van der Waals surface area contributed by atoms with Crippen LogP contribution in [0, 0.1) is 0 Å². The van der Waals surface area contributed by atoms with E-state index in [-0.39, 0.29) is 24.0 Å². The molecule has 0 aliphatic carbocycles. The van der Waals surface area contributed by atoms with E-state index in [1.54, 1.807) is 0 Å². The molecule has 4 nitrogen and oxygen atoms in total. The summed E-state index contributed by atoms with van der Waals surface area (Å²) in [6.07, 6.45) is 1.01. The minimum atomic E-state index is 0. The molecule has 0 bridgehead atoms. The first-order valence-electron chi connectivity index (χ1n) is 8.27. The van der Waals surface area contributed by atoms with Crippen molar-refractivity contribution in [2.75, 3.05) is 51.4 Å². The first kappa shape index (κ1) is 21.4. The number of hydrogen-bond donors (Lipinski definition) is 1. The molecule has 0 saturated carbocycles. The molecule has 2 rings (SSSR count). The zero-order chi connectivity index (χ0) is 16.9. The molecule has 1 fully saturated rings. The van der Waals surface area contributed by atoms with Gasteiger partial charge in [0.05, 0.1) is 0 Å². The maximum atomic E-state index is 4.46. The molecule has 0 amide bonds. The van der Waals surface area contributed by atoms with Crippen molar-refractivity contribution >= 4 is 47.4 Å². The van der Waals surface area contributed by atoms with E-state index >= 15 is 0 Å². The zero-order valence-electron chi connectivity index (χ0n) is 15.5. The Morgan fingerprint density at radius 1 is 1.29 bits per heavy atom. The number of anilines is 1. The number of nitrogens with zero attached hydrogens (tertiary/aromatic N) is 3. The quantitative estimate of drug-likeness (QED) is 0.423. The van der Waals surface area contributed by atoms with Crippen LogP contribution >= 0.6 is 35.7 Å². The number of halogens is 1. The molecular formula is C18H31IN4S. The number of guanidine groups is 1. The monoisotopic (exact) mass is 462 g/mol. The summed E-state index contributed by atoms with van der Waals surface area (Å²) in [6.45, 7) is 7.66. The molecule has 0 radical (unpaired) electrons. The van der Waals surface area contributed by atoms with Gasteiger partial charge in [-0.1, -0.05) is 12.1 Å². The smallest absolute Gasteiger partial charge is 0.193 e. The van der Waals surface area contributed by atoms with Gasteiger partial charge in [-0.3, -0.25) is 4.99 Å². The maximum Gasteiger partial charge on any atom is 0.193 e. The second-order valence-electron chi connectivity index (χ2n) is 6.81. The Morgan fingerprint density at radius 3 is 2.50 bits per heavy atom. The van der Waals surface area contributed by atoms with Crippen LogP contribution in [-0.2, 0) is 6.42 Å². The number of benzene rings is 1. The molecule has 0 spiro atoms. The summed E-state index contributed by atoms with van der Waals surface area (Å²) in [7, 11) is 6.01. The Labute approximate surface area is 168 Å². The fourth-order valence-electron chi connectivity index (χ4n) is 2.81. The van der Waals surface area contributed by atoms with E-state index in [9.17, 15) is 0 Å². The van der Waals surface area contributed by atoms with E-state index in [2.05, 4.69) is 72.3 Å². The molecule has 1 aliphatic rings. The average Bonchev–Trinajstić information content (AvgIpc) is 2.51. The minimum Gasteiger partial charge on any atom is -0.378 e. The SMILES string of the molecule is CN=C(NCCc1ccc(N(C)C)cc1)N1CCSC(C)(C)C1.I. The Balaban J connectivity index is 0.00000288. The van der Waals surface area contributed by atoms with Crippen LogP contribution in [0.25, 0.3) is 0 Å². The molecule has 6 heteroatoms. The summed E-state index contributed by atoms with van der Waals surface area (Å²) in [5.41, 5.74) is 2.60. The van der Waals surface area contributed by atoms with Gasteiger partial charge in [-0.15, -0.1) is 24.0 Å². The average molecular weight is 462 g/mol. The lowest BCUT2D eigenvalue weighted by molar-refractivity contribution is 0.376. The third-order valence-corrected chi connectivity index (χ3v) is 5.38. The van der Waals surface area contributed by atoms with E-state index in [1.165, 1.54) is 17.0 Å². The Morgan fingerprint density at radius 2 is 1.96 bits per heavy atom. The van der Waals surface area contributed by atoms with E-state index < -0.39 is 0 Å². The lowest BCUT2D eigenvalue weighted by Gasteiger charge is -2.39. The van der Waals surface area contributed by atoms with Crippen molar-refractivity contribution < 1.29 is 0 Å². The van der Waals surface area contributed by atoms with Crippen LogP contribution in [0.2, 0.25) is 0 Å².